The first-order valence-corrected chi connectivity index (χ1v) is 16.0. The van der Waals surface area contributed by atoms with Crippen LogP contribution in [0.15, 0.2) is 24.3 Å². The van der Waals surface area contributed by atoms with Gasteiger partial charge in [-0.25, -0.2) is 13.8 Å². The Bertz CT molecular complexity index is 1780. The number of phenols is 1. The molecule has 2 aromatic heterocycles. The van der Waals surface area contributed by atoms with E-state index < -0.39 is 17.7 Å². The number of methoxy groups -OCH3 is 1. The number of piperidine rings is 1. The van der Waals surface area contributed by atoms with Gasteiger partial charge < -0.3 is 29.3 Å². The van der Waals surface area contributed by atoms with Gasteiger partial charge in [0.2, 0.25) is 5.88 Å². The molecule has 0 amide bonds. The van der Waals surface area contributed by atoms with Gasteiger partial charge in [-0.15, -0.1) is 0 Å². The van der Waals surface area contributed by atoms with Gasteiger partial charge in [0.05, 0.1) is 33.0 Å². The molecule has 0 bridgehead atoms. The number of phenolic OH excluding ortho intramolecular Hbond substituents is 1. The van der Waals surface area contributed by atoms with Crippen molar-refractivity contribution in [1.82, 2.24) is 19.9 Å². The molecule has 4 heterocycles. The van der Waals surface area contributed by atoms with Crippen molar-refractivity contribution in [3.05, 3.63) is 41.5 Å². The molecule has 244 valence electrons. The molecule has 2 N–H and O–H groups in total. The van der Waals surface area contributed by atoms with Crippen molar-refractivity contribution in [3.8, 4) is 28.9 Å². The molecule has 3 fully saturated rings. The van der Waals surface area contributed by atoms with E-state index >= 15 is 8.78 Å². The van der Waals surface area contributed by atoms with E-state index in [4.69, 9.17) is 19.2 Å². The molecule has 0 spiro atoms. The lowest BCUT2D eigenvalue weighted by atomic mass is 9.94. The van der Waals surface area contributed by atoms with E-state index in [-0.39, 0.29) is 45.2 Å². The predicted octanol–water partition coefficient (Wildman–Crippen LogP) is 4.85. The Hall–Kier alpha value is -3.87. The molecule has 2 saturated heterocycles. The second-order valence-corrected chi connectivity index (χ2v) is 12.7. The monoisotopic (exact) mass is 635 g/mol. The third-order valence-corrected chi connectivity index (χ3v) is 9.49. The molecule has 2 aliphatic heterocycles. The van der Waals surface area contributed by atoms with Crippen LogP contribution in [0.5, 0.6) is 17.6 Å². The Morgan fingerprint density at radius 3 is 2.59 bits per heavy atom. The highest BCUT2D eigenvalue weighted by atomic mass is 19.1. The third-order valence-electron chi connectivity index (χ3n) is 9.49. The Morgan fingerprint density at radius 2 is 1.87 bits per heavy atom. The first-order chi connectivity index (χ1) is 22.3. The Balaban J connectivity index is 1.37. The Kier molecular flexibility index (Phi) is 8.28. The number of ether oxygens (including phenoxy) is 3. The minimum Gasteiger partial charge on any atom is -0.508 e. The fourth-order valence-corrected chi connectivity index (χ4v) is 6.88. The quantitative estimate of drug-likeness (QED) is 0.265. The number of nitrogens with zero attached hydrogens (tertiary/aromatic N) is 5. The highest BCUT2D eigenvalue weighted by Crippen LogP contribution is 2.47. The van der Waals surface area contributed by atoms with Crippen LogP contribution in [0.4, 0.5) is 14.6 Å². The highest BCUT2D eigenvalue weighted by molar-refractivity contribution is 6.03. The maximum absolute atomic E-state index is 16.9. The zero-order chi connectivity index (χ0) is 32.0. The van der Waals surface area contributed by atoms with E-state index in [2.05, 4.69) is 14.9 Å². The lowest BCUT2D eigenvalue weighted by molar-refractivity contribution is 0.0231. The summed E-state index contributed by atoms with van der Waals surface area (Å²) in [7, 11) is 1.43. The van der Waals surface area contributed by atoms with Gasteiger partial charge >= 0.3 is 6.01 Å². The number of β-amino-alcohol motifs (C(OH)–C–C–N with tert-alkyl or cyclic N) is 1. The van der Waals surface area contributed by atoms with Crippen LogP contribution in [-0.4, -0.2) is 95.8 Å². The number of aromatic hydroxyl groups is 1. The van der Waals surface area contributed by atoms with Crippen molar-refractivity contribution in [2.24, 2.45) is 5.41 Å². The lowest BCUT2D eigenvalue weighted by Gasteiger charge is -2.32. The summed E-state index contributed by atoms with van der Waals surface area (Å²) in [6.07, 6.45) is 3.18. The number of aliphatic hydroxyl groups excluding tert-OH is 1. The predicted molar refractivity (Wildman–Crippen MR) is 170 cm³/mol. The summed E-state index contributed by atoms with van der Waals surface area (Å²) in [5.41, 5.74) is 0.384. The minimum atomic E-state index is -0.769. The molecule has 1 aliphatic carbocycles. The van der Waals surface area contributed by atoms with E-state index in [0.717, 1.165) is 38.9 Å². The molecule has 12 heteroatoms. The van der Waals surface area contributed by atoms with Crippen molar-refractivity contribution in [2.45, 2.75) is 45.1 Å². The molecule has 7 rings (SSSR count). The van der Waals surface area contributed by atoms with E-state index in [1.165, 1.54) is 25.3 Å². The summed E-state index contributed by atoms with van der Waals surface area (Å²) < 4.78 is 49.5. The standard InChI is InChI=1S/C34H39F2N5O5/c1-3-23-25(35)7-6-20-15-22(43)16-24(26(20)23)29-28(36)30-27(32(37-29)44-2)31(41-10-4-5-21(42)17-41)39-33(38-30)46-19-34(8-9-34)18-40-11-13-45-14-12-40/h6-7,15-16,21,42-43H,3-5,8-14,17-19H2,1-2H3/t21-/m1/s1. The van der Waals surface area contributed by atoms with Crippen LogP contribution >= 0.6 is 0 Å². The first kappa shape index (κ1) is 30.8. The summed E-state index contributed by atoms with van der Waals surface area (Å²) in [6, 6.07) is 5.83. The molecule has 0 radical (unpaired) electrons. The molecule has 2 aromatic carbocycles. The smallest absolute Gasteiger partial charge is 0.319 e. The van der Waals surface area contributed by atoms with Gasteiger partial charge in [0, 0.05) is 43.7 Å². The van der Waals surface area contributed by atoms with E-state index in [9.17, 15) is 10.2 Å². The second-order valence-electron chi connectivity index (χ2n) is 12.7. The first-order valence-electron chi connectivity index (χ1n) is 16.0. The molecular formula is C34H39F2N5O5. The number of aliphatic hydroxyl groups is 1. The molecule has 4 aromatic rings. The van der Waals surface area contributed by atoms with Crippen LogP contribution in [0, 0.1) is 17.0 Å². The number of fused-ring (bicyclic) bond motifs is 2. The van der Waals surface area contributed by atoms with Gasteiger partial charge in [-0.3, -0.25) is 4.90 Å². The molecule has 10 nitrogen and oxygen atoms in total. The number of morpholine rings is 1. The van der Waals surface area contributed by atoms with Crippen LogP contribution < -0.4 is 14.4 Å². The molecular weight excluding hydrogens is 596 g/mol. The van der Waals surface area contributed by atoms with Crippen LogP contribution in [-0.2, 0) is 11.2 Å². The number of hydrogen-bond acceptors (Lipinski definition) is 10. The van der Waals surface area contributed by atoms with Gasteiger partial charge in [0.1, 0.15) is 34.0 Å². The number of halogens is 2. The van der Waals surface area contributed by atoms with E-state index in [1.54, 1.807) is 6.07 Å². The van der Waals surface area contributed by atoms with Crippen molar-refractivity contribution in [3.63, 3.8) is 0 Å². The maximum atomic E-state index is 16.9. The van der Waals surface area contributed by atoms with Crippen molar-refractivity contribution < 1.29 is 33.2 Å². The minimum absolute atomic E-state index is 0.0231. The van der Waals surface area contributed by atoms with Crippen molar-refractivity contribution >= 4 is 27.5 Å². The molecule has 1 saturated carbocycles. The Morgan fingerprint density at radius 1 is 1.07 bits per heavy atom. The fourth-order valence-electron chi connectivity index (χ4n) is 6.88. The highest BCUT2D eigenvalue weighted by Gasteiger charge is 2.45. The summed E-state index contributed by atoms with van der Waals surface area (Å²) >= 11 is 0. The number of benzene rings is 2. The van der Waals surface area contributed by atoms with Crippen molar-refractivity contribution in [1.29, 1.82) is 0 Å². The summed E-state index contributed by atoms with van der Waals surface area (Å²) in [4.78, 5) is 18.2. The number of hydrogen-bond donors (Lipinski definition) is 2. The zero-order valence-electron chi connectivity index (χ0n) is 26.2. The number of aryl methyl sites for hydroxylation is 1. The van der Waals surface area contributed by atoms with Crippen LogP contribution in [0.25, 0.3) is 32.9 Å². The molecule has 3 aliphatic rings. The van der Waals surface area contributed by atoms with Crippen LogP contribution in [0.3, 0.4) is 0 Å². The van der Waals surface area contributed by atoms with E-state index in [1.807, 2.05) is 11.8 Å². The lowest BCUT2D eigenvalue weighted by Crippen LogP contribution is -2.41. The molecule has 0 unspecified atom stereocenters. The van der Waals surface area contributed by atoms with Gasteiger partial charge in [-0.2, -0.15) is 9.97 Å². The second kappa shape index (κ2) is 12.4. The molecule has 46 heavy (non-hydrogen) atoms. The van der Waals surface area contributed by atoms with E-state index in [0.29, 0.717) is 67.9 Å². The molecule has 1 atom stereocenters. The summed E-state index contributed by atoms with van der Waals surface area (Å²) in [5.74, 6) is -0.863. The number of anilines is 1. The normalized spacial score (nSPS) is 19.9. The average molecular weight is 636 g/mol. The largest absolute Gasteiger partial charge is 0.508 e. The summed E-state index contributed by atoms with van der Waals surface area (Å²) in [5, 5.41) is 22.4. The third kappa shape index (κ3) is 5.78. The van der Waals surface area contributed by atoms with Crippen molar-refractivity contribution in [2.75, 3.05) is 64.6 Å². The van der Waals surface area contributed by atoms with Crippen LogP contribution in [0.1, 0.15) is 38.2 Å². The van der Waals surface area contributed by atoms with Gasteiger partial charge in [-0.1, -0.05) is 13.0 Å². The van der Waals surface area contributed by atoms with Gasteiger partial charge in [0.25, 0.3) is 0 Å². The SMILES string of the molecule is CCc1c(F)ccc2cc(O)cc(-c3nc(OC)c4c(N5CCC[C@@H](O)C5)nc(OCC5(CN6CCOCC6)CC5)nc4c3F)c12. The number of pyridine rings is 1. The zero-order valence-corrected chi connectivity index (χ0v) is 26.2. The average Bonchev–Trinajstić information content (AvgIpc) is 3.83. The Labute approximate surface area is 265 Å². The topological polar surface area (TPSA) is 113 Å². The maximum Gasteiger partial charge on any atom is 0.319 e. The fraction of sp³-hybridized carbons (Fsp3) is 0.500. The van der Waals surface area contributed by atoms with Crippen LogP contribution in [0.2, 0.25) is 0 Å². The van der Waals surface area contributed by atoms with Gasteiger partial charge in [0.15, 0.2) is 5.82 Å². The van der Waals surface area contributed by atoms with Gasteiger partial charge in [-0.05, 0) is 66.6 Å². The number of rotatable bonds is 9. The number of aromatic nitrogens is 3. The summed E-state index contributed by atoms with van der Waals surface area (Å²) in [6.45, 7) is 7.16.